The molecule has 0 atom stereocenters. The quantitative estimate of drug-likeness (QED) is 0.414. The van der Waals surface area contributed by atoms with Gasteiger partial charge in [0, 0.05) is 12.8 Å². The van der Waals surface area contributed by atoms with Crippen LogP contribution in [-0.4, -0.2) is 8.07 Å². The highest BCUT2D eigenvalue weighted by Gasteiger charge is 2.19. The van der Waals surface area contributed by atoms with Gasteiger partial charge >= 0.3 is 0 Å². The Hall–Kier alpha value is -1.44. The molecule has 100 valence electrons. The van der Waals surface area contributed by atoms with E-state index in [1.807, 2.05) is 0 Å². The third-order valence-corrected chi connectivity index (χ3v) is 5.85. The average Bonchev–Trinajstić information content (AvgIpc) is 2.43. The normalized spacial score (nSPS) is 10.4. The first-order valence-electron chi connectivity index (χ1n) is 7.16. The minimum absolute atomic E-state index is 0.916. The van der Waals surface area contributed by atoms with Gasteiger partial charge in [0.15, 0.2) is 8.07 Å². The fourth-order valence-corrected chi connectivity index (χ4v) is 3.74. The summed E-state index contributed by atoms with van der Waals surface area (Å²) < 4.78 is 0. The number of unbranched alkanes of at least 4 members (excludes halogenated alkanes) is 5. The smallest absolute Gasteiger partial charge is 0.126 e. The Morgan fingerprint density at radius 1 is 0.947 bits per heavy atom. The Morgan fingerprint density at radius 2 is 1.58 bits per heavy atom. The molecular weight excluding hydrogens is 244 g/mol. The molecule has 0 fully saturated rings. The van der Waals surface area contributed by atoms with Gasteiger partial charge in [-0.05, 0) is 18.0 Å². The van der Waals surface area contributed by atoms with Crippen LogP contribution in [-0.2, 0) is 0 Å². The summed E-state index contributed by atoms with van der Waals surface area (Å²) in [7, 11) is -1.55. The molecule has 0 aliphatic heterocycles. The Balaban J connectivity index is 2.31. The van der Waals surface area contributed by atoms with Crippen LogP contribution in [0.3, 0.4) is 0 Å². The molecule has 0 aliphatic rings. The standard InChI is InChI=1S/C18H24Si/c1-4-5-6-7-8-9-10-14-17-19(2,3)18-15-12-11-13-16-18/h1,11-13,15-16H,5-10H2,2-3H3. The number of terminal acetylenes is 1. The van der Waals surface area contributed by atoms with Gasteiger partial charge in [0.25, 0.3) is 0 Å². The number of hydrogen-bond acceptors (Lipinski definition) is 0. The van der Waals surface area contributed by atoms with Crippen molar-refractivity contribution in [1.82, 2.24) is 0 Å². The van der Waals surface area contributed by atoms with E-state index in [0.717, 1.165) is 19.3 Å². The van der Waals surface area contributed by atoms with Gasteiger partial charge in [-0.25, -0.2) is 0 Å². The van der Waals surface area contributed by atoms with Crippen LogP contribution in [0.1, 0.15) is 38.5 Å². The molecule has 0 nitrogen and oxygen atoms in total. The van der Waals surface area contributed by atoms with Crippen molar-refractivity contribution in [1.29, 1.82) is 0 Å². The van der Waals surface area contributed by atoms with Gasteiger partial charge in [-0.1, -0.05) is 56.3 Å². The van der Waals surface area contributed by atoms with Crippen molar-refractivity contribution in [2.24, 2.45) is 0 Å². The van der Waals surface area contributed by atoms with Crippen molar-refractivity contribution in [3.63, 3.8) is 0 Å². The Bertz CT molecular complexity index is 454. The highest BCUT2D eigenvalue weighted by Crippen LogP contribution is 2.05. The monoisotopic (exact) mass is 268 g/mol. The second-order valence-corrected chi connectivity index (χ2v) is 9.49. The van der Waals surface area contributed by atoms with Crippen molar-refractivity contribution in [3.8, 4) is 23.8 Å². The summed E-state index contributed by atoms with van der Waals surface area (Å²) in [6.45, 7) is 4.64. The van der Waals surface area contributed by atoms with Gasteiger partial charge < -0.3 is 0 Å². The molecule has 0 aliphatic carbocycles. The largest absolute Gasteiger partial charge is 0.162 e. The van der Waals surface area contributed by atoms with Crippen molar-refractivity contribution in [2.45, 2.75) is 51.6 Å². The molecule has 0 heterocycles. The van der Waals surface area contributed by atoms with E-state index >= 15 is 0 Å². The van der Waals surface area contributed by atoms with E-state index in [9.17, 15) is 0 Å². The van der Waals surface area contributed by atoms with Crippen LogP contribution >= 0.6 is 0 Å². The number of rotatable bonds is 6. The predicted molar refractivity (Wildman–Crippen MR) is 87.9 cm³/mol. The molecule has 0 unspecified atom stereocenters. The Kier molecular flexibility index (Phi) is 7.09. The fraction of sp³-hybridized carbons (Fsp3) is 0.444. The van der Waals surface area contributed by atoms with Crippen molar-refractivity contribution < 1.29 is 0 Å². The molecule has 0 radical (unpaired) electrons. The molecule has 0 spiro atoms. The SMILES string of the molecule is C#CCCCCCCC#C[Si](C)(C)c1ccccc1. The summed E-state index contributed by atoms with van der Waals surface area (Å²) in [5.74, 6) is 6.07. The summed E-state index contributed by atoms with van der Waals surface area (Å²) in [6.07, 6.45) is 12.0. The second kappa shape index (κ2) is 8.62. The van der Waals surface area contributed by atoms with Crippen LogP contribution in [0.15, 0.2) is 30.3 Å². The van der Waals surface area contributed by atoms with Gasteiger partial charge in [0.1, 0.15) is 0 Å². The van der Waals surface area contributed by atoms with Crippen molar-refractivity contribution in [2.75, 3.05) is 0 Å². The van der Waals surface area contributed by atoms with E-state index in [1.54, 1.807) is 0 Å². The molecule has 1 rings (SSSR count). The lowest BCUT2D eigenvalue weighted by Crippen LogP contribution is -2.39. The van der Waals surface area contributed by atoms with Crippen molar-refractivity contribution in [3.05, 3.63) is 30.3 Å². The summed E-state index contributed by atoms with van der Waals surface area (Å²) in [5, 5.41) is 1.43. The summed E-state index contributed by atoms with van der Waals surface area (Å²) in [6, 6.07) is 10.7. The topological polar surface area (TPSA) is 0 Å². The van der Waals surface area contributed by atoms with E-state index in [-0.39, 0.29) is 0 Å². The zero-order valence-electron chi connectivity index (χ0n) is 12.2. The second-order valence-electron chi connectivity index (χ2n) is 5.41. The van der Waals surface area contributed by atoms with Gasteiger partial charge in [-0.15, -0.1) is 23.8 Å². The first-order valence-corrected chi connectivity index (χ1v) is 10.2. The third-order valence-electron chi connectivity index (χ3n) is 3.27. The van der Waals surface area contributed by atoms with Gasteiger partial charge in [0.2, 0.25) is 0 Å². The summed E-state index contributed by atoms with van der Waals surface area (Å²) in [4.78, 5) is 0. The maximum Gasteiger partial charge on any atom is 0.162 e. The Morgan fingerprint density at radius 3 is 2.21 bits per heavy atom. The van der Waals surface area contributed by atoms with Crippen molar-refractivity contribution >= 4 is 13.3 Å². The molecule has 0 aromatic heterocycles. The minimum atomic E-state index is -1.55. The lowest BCUT2D eigenvalue weighted by Gasteiger charge is -2.14. The highest BCUT2D eigenvalue weighted by atomic mass is 28.3. The molecule has 1 heteroatoms. The molecule has 0 N–H and O–H groups in total. The Labute approximate surface area is 119 Å². The van der Waals surface area contributed by atoms with Crippen LogP contribution < -0.4 is 5.19 Å². The molecule has 1 aromatic rings. The molecule has 0 saturated heterocycles. The highest BCUT2D eigenvalue weighted by molar-refractivity contribution is 6.96. The summed E-state index contributed by atoms with van der Waals surface area (Å²) >= 11 is 0. The maximum atomic E-state index is 5.23. The fourth-order valence-electron chi connectivity index (χ4n) is 2.00. The van der Waals surface area contributed by atoms with Gasteiger partial charge in [-0.2, -0.15) is 0 Å². The zero-order valence-corrected chi connectivity index (χ0v) is 13.2. The number of hydrogen-bond donors (Lipinski definition) is 0. The predicted octanol–water partition coefficient (Wildman–Crippen LogP) is 4.12. The van der Waals surface area contributed by atoms with Crippen LogP contribution in [0.2, 0.25) is 13.1 Å². The van der Waals surface area contributed by atoms with Crippen LogP contribution in [0.5, 0.6) is 0 Å². The molecule has 19 heavy (non-hydrogen) atoms. The van der Waals surface area contributed by atoms with E-state index in [4.69, 9.17) is 6.42 Å². The molecule has 0 amide bonds. The van der Waals surface area contributed by atoms with E-state index in [1.165, 1.54) is 24.4 Å². The lowest BCUT2D eigenvalue weighted by molar-refractivity contribution is 0.661. The first kappa shape index (κ1) is 15.6. The van der Waals surface area contributed by atoms with Crippen LogP contribution in [0.25, 0.3) is 0 Å². The minimum Gasteiger partial charge on any atom is -0.126 e. The molecular formula is C18H24Si. The van der Waals surface area contributed by atoms with Crippen LogP contribution in [0, 0.1) is 23.8 Å². The molecule has 0 bridgehead atoms. The molecule has 0 saturated carbocycles. The first-order chi connectivity index (χ1) is 9.17. The zero-order chi connectivity index (χ0) is 14.0. The third kappa shape index (κ3) is 6.32. The van der Waals surface area contributed by atoms with Gasteiger partial charge in [0.05, 0.1) is 0 Å². The summed E-state index contributed by atoms with van der Waals surface area (Å²) in [5.41, 5.74) is 3.53. The van der Waals surface area contributed by atoms with Crippen LogP contribution in [0.4, 0.5) is 0 Å². The molecule has 1 aromatic carbocycles. The van der Waals surface area contributed by atoms with E-state index in [0.29, 0.717) is 0 Å². The van der Waals surface area contributed by atoms with Gasteiger partial charge in [-0.3, -0.25) is 0 Å². The maximum absolute atomic E-state index is 5.23. The van der Waals surface area contributed by atoms with E-state index < -0.39 is 8.07 Å². The lowest BCUT2D eigenvalue weighted by atomic mass is 10.1. The average molecular weight is 268 g/mol. The van der Waals surface area contributed by atoms with E-state index in [2.05, 4.69) is 60.8 Å². The number of benzene rings is 1.